The summed E-state index contributed by atoms with van der Waals surface area (Å²) in [7, 11) is 1.34. The maximum Gasteiger partial charge on any atom is 0.327 e. The molecule has 0 saturated carbocycles. The lowest BCUT2D eigenvalue weighted by Crippen LogP contribution is -2.13. The van der Waals surface area contributed by atoms with Gasteiger partial charge < -0.3 is 9.84 Å². The quantitative estimate of drug-likeness (QED) is 0.749. The second-order valence-electron chi connectivity index (χ2n) is 4.92. The van der Waals surface area contributed by atoms with E-state index < -0.39 is 0 Å². The number of phenolic OH excluding ortho intramolecular Hbond substituents is 1. The number of carbonyl (C=O) groups is 1. The number of esters is 1. The van der Waals surface area contributed by atoms with Gasteiger partial charge in [-0.15, -0.1) is 0 Å². The molecule has 116 valence electrons. The average Bonchev–Trinajstić information content (AvgIpc) is 3.00. The third-order valence-electron chi connectivity index (χ3n) is 3.48. The SMILES string of the molecule is COC(=O)Cn1ncc(-c2ccncc2)c1-c1ccc(O)cc1. The minimum atomic E-state index is -0.380. The molecule has 6 heteroatoms. The van der Waals surface area contributed by atoms with Crippen molar-refractivity contribution in [1.29, 1.82) is 0 Å². The van der Waals surface area contributed by atoms with Crippen LogP contribution in [0.3, 0.4) is 0 Å². The number of aromatic nitrogens is 3. The van der Waals surface area contributed by atoms with Crippen molar-refractivity contribution in [3.63, 3.8) is 0 Å². The number of phenols is 1. The minimum Gasteiger partial charge on any atom is -0.508 e. The summed E-state index contributed by atoms with van der Waals surface area (Å²) in [6, 6.07) is 10.5. The third-order valence-corrected chi connectivity index (χ3v) is 3.48. The van der Waals surface area contributed by atoms with Crippen molar-refractivity contribution in [2.24, 2.45) is 0 Å². The number of carbonyl (C=O) groups excluding carboxylic acids is 1. The van der Waals surface area contributed by atoms with Gasteiger partial charge in [0.2, 0.25) is 0 Å². The highest BCUT2D eigenvalue weighted by atomic mass is 16.5. The fourth-order valence-electron chi connectivity index (χ4n) is 2.36. The second kappa shape index (κ2) is 6.31. The summed E-state index contributed by atoms with van der Waals surface area (Å²) in [5, 5.41) is 13.8. The van der Waals surface area contributed by atoms with Crippen LogP contribution in [-0.4, -0.2) is 33.0 Å². The molecule has 0 bridgehead atoms. The molecule has 0 atom stereocenters. The average molecular weight is 309 g/mol. The number of aromatic hydroxyl groups is 1. The van der Waals surface area contributed by atoms with Gasteiger partial charge in [-0.3, -0.25) is 14.5 Å². The Morgan fingerprint density at radius 1 is 1.13 bits per heavy atom. The first-order valence-electron chi connectivity index (χ1n) is 7.01. The van der Waals surface area contributed by atoms with Crippen LogP contribution in [-0.2, 0) is 16.1 Å². The van der Waals surface area contributed by atoms with Crippen molar-refractivity contribution >= 4 is 5.97 Å². The van der Waals surface area contributed by atoms with Gasteiger partial charge in [-0.1, -0.05) is 0 Å². The van der Waals surface area contributed by atoms with Crippen LogP contribution in [0.15, 0.2) is 55.0 Å². The highest BCUT2D eigenvalue weighted by Gasteiger charge is 2.17. The standard InChI is InChI=1S/C17H15N3O3/c1-23-16(22)11-20-17(13-2-4-14(21)5-3-13)15(10-19-20)12-6-8-18-9-7-12/h2-10,21H,11H2,1H3. The Labute approximate surface area is 133 Å². The van der Waals surface area contributed by atoms with E-state index >= 15 is 0 Å². The van der Waals surface area contributed by atoms with Crippen LogP contribution in [0.2, 0.25) is 0 Å². The number of rotatable bonds is 4. The number of ether oxygens (including phenoxy) is 1. The Hall–Kier alpha value is -3.15. The summed E-state index contributed by atoms with van der Waals surface area (Å²) < 4.78 is 6.32. The lowest BCUT2D eigenvalue weighted by molar-refractivity contribution is -0.141. The Morgan fingerprint density at radius 2 is 1.83 bits per heavy atom. The van der Waals surface area contributed by atoms with Crippen molar-refractivity contribution in [1.82, 2.24) is 14.8 Å². The van der Waals surface area contributed by atoms with E-state index in [0.717, 1.165) is 22.4 Å². The molecule has 0 aliphatic carbocycles. The van der Waals surface area contributed by atoms with Crippen LogP contribution in [0.4, 0.5) is 0 Å². The fourth-order valence-corrected chi connectivity index (χ4v) is 2.36. The molecule has 0 unspecified atom stereocenters. The van der Waals surface area contributed by atoms with Crippen molar-refractivity contribution in [2.45, 2.75) is 6.54 Å². The van der Waals surface area contributed by atoms with Gasteiger partial charge >= 0.3 is 5.97 Å². The van der Waals surface area contributed by atoms with Crippen LogP contribution in [0.5, 0.6) is 5.75 Å². The van der Waals surface area contributed by atoms with Crippen molar-refractivity contribution in [3.8, 4) is 28.1 Å². The maximum absolute atomic E-state index is 11.6. The number of benzene rings is 1. The van der Waals surface area contributed by atoms with Gasteiger partial charge in [0.1, 0.15) is 12.3 Å². The molecule has 1 N–H and O–H groups in total. The molecular weight excluding hydrogens is 294 g/mol. The van der Waals surface area contributed by atoms with E-state index in [2.05, 4.69) is 10.1 Å². The molecule has 6 nitrogen and oxygen atoms in total. The van der Waals surface area contributed by atoms with Crippen molar-refractivity contribution in [3.05, 3.63) is 55.0 Å². The van der Waals surface area contributed by atoms with Crippen LogP contribution in [0.1, 0.15) is 0 Å². The molecule has 3 aromatic rings. The monoisotopic (exact) mass is 309 g/mol. The molecule has 0 aliphatic heterocycles. The molecular formula is C17H15N3O3. The van der Waals surface area contributed by atoms with E-state index in [1.807, 2.05) is 12.1 Å². The molecule has 0 spiro atoms. The van der Waals surface area contributed by atoms with Gasteiger partial charge in [0.05, 0.1) is 19.0 Å². The first kappa shape index (κ1) is 14.8. The summed E-state index contributed by atoms with van der Waals surface area (Å²) in [5.74, 6) is -0.201. The van der Waals surface area contributed by atoms with Gasteiger partial charge in [-0.25, -0.2) is 0 Å². The van der Waals surface area contributed by atoms with Gasteiger partial charge in [0.25, 0.3) is 0 Å². The van der Waals surface area contributed by atoms with Gasteiger partial charge in [-0.2, -0.15) is 5.10 Å². The zero-order valence-electron chi connectivity index (χ0n) is 12.5. The molecule has 0 fully saturated rings. The topological polar surface area (TPSA) is 77.2 Å². The van der Waals surface area contributed by atoms with E-state index in [1.54, 1.807) is 47.5 Å². The van der Waals surface area contributed by atoms with Crippen LogP contribution >= 0.6 is 0 Å². The summed E-state index contributed by atoms with van der Waals surface area (Å²) in [6.07, 6.45) is 5.11. The molecule has 2 aromatic heterocycles. The van der Waals surface area contributed by atoms with E-state index in [4.69, 9.17) is 4.74 Å². The predicted molar refractivity (Wildman–Crippen MR) is 84.6 cm³/mol. The Morgan fingerprint density at radius 3 is 2.48 bits per heavy atom. The lowest BCUT2D eigenvalue weighted by atomic mass is 10.0. The lowest BCUT2D eigenvalue weighted by Gasteiger charge is -2.09. The predicted octanol–water partition coefficient (Wildman–Crippen LogP) is 2.49. The smallest absolute Gasteiger partial charge is 0.327 e. The van der Waals surface area contributed by atoms with E-state index in [1.165, 1.54) is 7.11 Å². The van der Waals surface area contributed by atoms with Crippen LogP contribution in [0.25, 0.3) is 22.4 Å². The number of nitrogens with zero attached hydrogens (tertiary/aromatic N) is 3. The summed E-state index contributed by atoms with van der Waals surface area (Å²) >= 11 is 0. The van der Waals surface area contributed by atoms with Crippen LogP contribution in [0, 0.1) is 0 Å². The van der Waals surface area contributed by atoms with E-state index in [-0.39, 0.29) is 18.3 Å². The summed E-state index contributed by atoms with van der Waals surface area (Å²) in [4.78, 5) is 15.7. The van der Waals surface area contributed by atoms with Gasteiger partial charge in [-0.05, 0) is 42.0 Å². The Balaban J connectivity index is 2.13. The summed E-state index contributed by atoms with van der Waals surface area (Å²) in [5.41, 5.74) is 3.44. The first-order valence-corrected chi connectivity index (χ1v) is 7.01. The zero-order chi connectivity index (χ0) is 16.2. The molecule has 1 aromatic carbocycles. The van der Waals surface area contributed by atoms with Gasteiger partial charge in [0.15, 0.2) is 0 Å². The molecule has 0 radical (unpaired) electrons. The Bertz CT molecular complexity index is 811. The van der Waals surface area contributed by atoms with E-state index in [9.17, 15) is 9.90 Å². The number of hydrogen-bond donors (Lipinski definition) is 1. The zero-order valence-corrected chi connectivity index (χ0v) is 12.5. The molecule has 0 aliphatic rings. The number of methoxy groups -OCH3 is 1. The molecule has 2 heterocycles. The molecule has 0 amide bonds. The summed E-state index contributed by atoms with van der Waals surface area (Å²) in [6.45, 7) is 0.0117. The Kier molecular flexibility index (Phi) is 4.05. The van der Waals surface area contributed by atoms with E-state index in [0.29, 0.717) is 0 Å². The normalized spacial score (nSPS) is 10.5. The minimum absolute atomic E-state index is 0.0117. The highest BCUT2D eigenvalue weighted by Crippen LogP contribution is 2.32. The first-order chi connectivity index (χ1) is 11.2. The molecule has 23 heavy (non-hydrogen) atoms. The fraction of sp³-hybridized carbons (Fsp3) is 0.118. The van der Waals surface area contributed by atoms with Crippen LogP contribution < -0.4 is 0 Å². The van der Waals surface area contributed by atoms with Gasteiger partial charge in [0, 0.05) is 23.5 Å². The molecule has 0 saturated heterocycles. The maximum atomic E-state index is 11.6. The number of pyridine rings is 1. The largest absolute Gasteiger partial charge is 0.508 e. The molecule has 3 rings (SSSR count). The highest BCUT2D eigenvalue weighted by molar-refractivity contribution is 5.82. The number of hydrogen-bond acceptors (Lipinski definition) is 5. The van der Waals surface area contributed by atoms with Crippen molar-refractivity contribution < 1.29 is 14.6 Å². The third kappa shape index (κ3) is 3.06. The van der Waals surface area contributed by atoms with Crippen molar-refractivity contribution in [2.75, 3.05) is 7.11 Å². The second-order valence-corrected chi connectivity index (χ2v) is 4.92.